The quantitative estimate of drug-likeness (QED) is 0.841. The standard InChI is InChI=1S/C12H12FN3O2/c1-2-18-12(17)10-7-15-16(11(10)14)9-5-3-4-8(13)6-9/h3-7H,2,14H2,1H3. The van der Waals surface area contributed by atoms with Crippen molar-refractivity contribution in [2.45, 2.75) is 6.92 Å². The van der Waals surface area contributed by atoms with E-state index >= 15 is 0 Å². The first kappa shape index (κ1) is 12.1. The Morgan fingerprint density at radius 2 is 2.33 bits per heavy atom. The molecule has 2 N–H and O–H groups in total. The highest BCUT2D eigenvalue weighted by Gasteiger charge is 2.17. The molecule has 0 bridgehead atoms. The van der Waals surface area contributed by atoms with E-state index < -0.39 is 11.8 Å². The van der Waals surface area contributed by atoms with Gasteiger partial charge in [0.05, 0.1) is 18.5 Å². The zero-order chi connectivity index (χ0) is 13.1. The van der Waals surface area contributed by atoms with Crippen molar-refractivity contribution in [3.05, 3.63) is 41.8 Å². The Labute approximate surface area is 103 Å². The molecule has 0 aliphatic heterocycles. The Hall–Kier alpha value is -2.37. The second-order valence-electron chi connectivity index (χ2n) is 3.56. The van der Waals surface area contributed by atoms with E-state index in [0.717, 1.165) is 0 Å². The summed E-state index contributed by atoms with van der Waals surface area (Å²) in [6.45, 7) is 1.95. The van der Waals surface area contributed by atoms with Gasteiger partial charge in [-0.15, -0.1) is 0 Å². The molecule has 0 radical (unpaired) electrons. The summed E-state index contributed by atoms with van der Waals surface area (Å²) < 4.78 is 19.2. The molecule has 0 fully saturated rings. The van der Waals surface area contributed by atoms with Crippen molar-refractivity contribution in [2.24, 2.45) is 0 Å². The van der Waals surface area contributed by atoms with Crippen LogP contribution in [-0.2, 0) is 4.74 Å². The smallest absolute Gasteiger partial charge is 0.343 e. The summed E-state index contributed by atoms with van der Waals surface area (Å²) in [5, 5.41) is 3.95. The molecule has 0 spiro atoms. The van der Waals surface area contributed by atoms with Gasteiger partial charge in [-0.1, -0.05) is 6.07 Å². The molecule has 0 aliphatic rings. The number of hydrogen-bond donors (Lipinski definition) is 1. The van der Waals surface area contributed by atoms with Crippen LogP contribution < -0.4 is 5.73 Å². The highest BCUT2D eigenvalue weighted by Crippen LogP contribution is 2.18. The van der Waals surface area contributed by atoms with Crippen LogP contribution in [0.25, 0.3) is 5.69 Å². The minimum atomic E-state index is -0.544. The molecule has 5 nitrogen and oxygen atoms in total. The summed E-state index contributed by atoms with van der Waals surface area (Å²) in [7, 11) is 0. The normalized spacial score (nSPS) is 10.3. The molecule has 0 aliphatic carbocycles. The third-order valence-corrected chi connectivity index (χ3v) is 2.35. The minimum absolute atomic E-state index is 0.124. The van der Waals surface area contributed by atoms with E-state index in [1.807, 2.05) is 0 Å². The number of nitrogens with two attached hydrogens (primary N) is 1. The number of nitrogen functional groups attached to an aromatic ring is 1. The van der Waals surface area contributed by atoms with Gasteiger partial charge < -0.3 is 10.5 Å². The summed E-state index contributed by atoms with van der Waals surface area (Å²) in [5.74, 6) is -0.822. The van der Waals surface area contributed by atoms with Crippen molar-refractivity contribution < 1.29 is 13.9 Å². The van der Waals surface area contributed by atoms with E-state index in [0.29, 0.717) is 5.69 Å². The molecule has 0 saturated carbocycles. The van der Waals surface area contributed by atoms with Crippen molar-refractivity contribution in [1.29, 1.82) is 0 Å². The lowest BCUT2D eigenvalue weighted by Gasteiger charge is -2.05. The molecule has 1 aromatic carbocycles. The van der Waals surface area contributed by atoms with Crippen molar-refractivity contribution in [3.63, 3.8) is 0 Å². The number of nitrogens with zero attached hydrogens (tertiary/aromatic N) is 2. The van der Waals surface area contributed by atoms with Crippen LogP contribution >= 0.6 is 0 Å². The van der Waals surface area contributed by atoms with Gasteiger partial charge in [-0.2, -0.15) is 5.10 Å². The van der Waals surface area contributed by atoms with E-state index in [9.17, 15) is 9.18 Å². The Kier molecular flexibility index (Phi) is 3.27. The summed E-state index contributed by atoms with van der Waals surface area (Å²) in [5.41, 5.74) is 6.41. The largest absolute Gasteiger partial charge is 0.462 e. The number of benzene rings is 1. The Morgan fingerprint density at radius 1 is 1.56 bits per heavy atom. The Balaban J connectivity index is 2.39. The first-order valence-corrected chi connectivity index (χ1v) is 5.40. The van der Waals surface area contributed by atoms with Gasteiger partial charge in [0.25, 0.3) is 0 Å². The first-order chi connectivity index (χ1) is 8.63. The predicted molar refractivity (Wildman–Crippen MR) is 63.9 cm³/mol. The molecule has 94 valence electrons. The molecular weight excluding hydrogens is 237 g/mol. The van der Waals surface area contributed by atoms with Crippen molar-refractivity contribution in [1.82, 2.24) is 9.78 Å². The number of halogens is 1. The van der Waals surface area contributed by atoms with Gasteiger partial charge in [-0.3, -0.25) is 0 Å². The number of carbonyl (C=O) groups excluding carboxylic acids is 1. The van der Waals surface area contributed by atoms with Gasteiger partial charge in [0, 0.05) is 0 Å². The third-order valence-electron chi connectivity index (χ3n) is 2.35. The molecule has 0 atom stereocenters. The number of ether oxygens (including phenoxy) is 1. The maximum absolute atomic E-state index is 13.1. The topological polar surface area (TPSA) is 70.1 Å². The van der Waals surface area contributed by atoms with Crippen molar-refractivity contribution >= 4 is 11.8 Å². The number of rotatable bonds is 3. The number of anilines is 1. The second kappa shape index (κ2) is 4.87. The van der Waals surface area contributed by atoms with Gasteiger partial charge in [0.1, 0.15) is 17.2 Å². The van der Waals surface area contributed by atoms with E-state index in [4.69, 9.17) is 10.5 Å². The van der Waals surface area contributed by atoms with Gasteiger partial charge in [0.2, 0.25) is 0 Å². The van der Waals surface area contributed by atoms with Gasteiger partial charge in [-0.25, -0.2) is 13.9 Å². The maximum Gasteiger partial charge on any atom is 0.343 e. The fourth-order valence-corrected chi connectivity index (χ4v) is 1.54. The van der Waals surface area contributed by atoms with Crippen LogP contribution in [0.5, 0.6) is 0 Å². The molecular formula is C12H12FN3O2. The Morgan fingerprint density at radius 3 is 3.00 bits per heavy atom. The fourth-order valence-electron chi connectivity index (χ4n) is 1.54. The SMILES string of the molecule is CCOC(=O)c1cnn(-c2cccc(F)c2)c1N. The highest BCUT2D eigenvalue weighted by molar-refractivity contribution is 5.94. The molecule has 2 rings (SSSR count). The van der Waals surface area contributed by atoms with Gasteiger partial charge >= 0.3 is 5.97 Å². The van der Waals surface area contributed by atoms with Crippen LogP contribution in [0.1, 0.15) is 17.3 Å². The summed E-state index contributed by atoms with van der Waals surface area (Å²) >= 11 is 0. The molecule has 1 heterocycles. The summed E-state index contributed by atoms with van der Waals surface area (Å²) in [4.78, 5) is 11.5. The molecule has 0 amide bonds. The molecule has 1 aromatic heterocycles. The molecule has 18 heavy (non-hydrogen) atoms. The van der Waals surface area contributed by atoms with Crippen LogP contribution in [0.2, 0.25) is 0 Å². The van der Waals surface area contributed by atoms with E-state index in [2.05, 4.69) is 5.10 Å². The van der Waals surface area contributed by atoms with Crippen LogP contribution in [0.3, 0.4) is 0 Å². The molecule has 0 saturated heterocycles. The predicted octanol–water partition coefficient (Wildman–Crippen LogP) is 1.77. The Bertz CT molecular complexity index is 580. The summed E-state index contributed by atoms with van der Waals surface area (Å²) in [6.07, 6.45) is 1.30. The summed E-state index contributed by atoms with van der Waals surface area (Å²) in [6, 6.07) is 5.77. The average molecular weight is 249 g/mol. The zero-order valence-corrected chi connectivity index (χ0v) is 9.76. The number of carbonyl (C=O) groups is 1. The molecule has 0 unspecified atom stereocenters. The van der Waals surface area contributed by atoms with Crippen LogP contribution in [0.4, 0.5) is 10.2 Å². The van der Waals surface area contributed by atoms with E-state index in [1.54, 1.807) is 13.0 Å². The van der Waals surface area contributed by atoms with Crippen LogP contribution in [0.15, 0.2) is 30.5 Å². The molecule has 2 aromatic rings. The van der Waals surface area contributed by atoms with Gasteiger partial charge in [-0.05, 0) is 25.1 Å². The number of esters is 1. The zero-order valence-electron chi connectivity index (χ0n) is 9.76. The fraction of sp³-hybridized carbons (Fsp3) is 0.167. The van der Waals surface area contributed by atoms with E-state index in [1.165, 1.54) is 29.1 Å². The average Bonchev–Trinajstić information content (AvgIpc) is 2.71. The minimum Gasteiger partial charge on any atom is -0.462 e. The van der Waals surface area contributed by atoms with Crippen molar-refractivity contribution in [2.75, 3.05) is 12.3 Å². The highest BCUT2D eigenvalue weighted by atomic mass is 19.1. The monoisotopic (exact) mass is 249 g/mol. The number of hydrogen-bond acceptors (Lipinski definition) is 4. The lowest BCUT2D eigenvalue weighted by Crippen LogP contribution is -2.09. The van der Waals surface area contributed by atoms with E-state index in [-0.39, 0.29) is 18.0 Å². The van der Waals surface area contributed by atoms with Gasteiger partial charge in [0.15, 0.2) is 0 Å². The second-order valence-corrected chi connectivity index (χ2v) is 3.56. The van der Waals surface area contributed by atoms with Crippen LogP contribution in [0, 0.1) is 5.82 Å². The first-order valence-electron chi connectivity index (χ1n) is 5.40. The van der Waals surface area contributed by atoms with Crippen LogP contribution in [-0.4, -0.2) is 22.4 Å². The number of aromatic nitrogens is 2. The molecule has 6 heteroatoms. The lowest BCUT2D eigenvalue weighted by molar-refractivity contribution is 0.0527. The maximum atomic E-state index is 13.1. The lowest BCUT2D eigenvalue weighted by atomic mass is 10.3. The van der Waals surface area contributed by atoms with Crippen molar-refractivity contribution in [3.8, 4) is 5.69 Å². The third kappa shape index (κ3) is 2.17.